The van der Waals surface area contributed by atoms with Crippen LogP contribution in [0.4, 0.5) is 11.4 Å². The van der Waals surface area contributed by atoms with E-state index < -0.39 is 38.4 Å². The zero-order valence-corrected chi connectivity index (χ0v) is 13.7. The van der Waals surface area contributed by atoms with Crippen molar-refractivity contribution in [2.45, 2.75) is 6.92 Å². The fourth-order valence-corrected chi connectivity index (χ4v) is 2.49. The molecule has 10 nitrogen and oxygen atoms in total. The lowest BCUT2D eigenvalue weighted by Gasteiger charge is -2.06. The fourth-order valence-electron chi connectivity index (χ4n) is 2.49. The molecule has 0 unspecified atom stereocenters. The smallest absolute Gasteiger partial charge is 0.350 e. The number of benzene rings is 2. The molecule has 0 bridgehead atoms. The van der Waals surface area contributed by atoms with Crippen LogP contribution in [-0.2, 0) is 0 Å². The van der Waals surface area contributed by atoms with Gasteiger partial charge >= 0.3 is 11.6 Å². The number of nitro benzene ring substituents is 2. The lowest BCUT2D eigenvalue weighted by molar-refractivity contribution is -0.394. The molecule has 0 atom stereocenters. The lowest BCUT2D eigenvalue weighted by atomic mass is 10.1. The van der Waals surface area contributed by atoms with E-state index in [0.717, 1.165) is 12.1 Å². The number of aryl methyl sites for hydroxylation is 1. The third kappa shape index (κ3) is 3.49. The van der Waals surface area contributed by atoms with Crippen molar-refractivity contribution in [2.24, 2.45) is 0 Å². The van der Waals surface area contributed by atoms with Crippen molar-refractivity contribution < 1.29 is 23.8 Å². The molecule has 1 aromatic heterocycles. The van der Waals surface area contributed by atoms with Crippen LogP contribution in [0.1, 0.15) is 15.9 Å². The van der Waals surface area contributed by atoms with Crippen LogP contribution in [-0.4, -0.2) is 15.8 Å². The van der Waals surface area contributed by atoms with Gasteiger partial charge in [-0.05, 0) is 30.7 Å². The van der Waals surface area contributed by atoms with Gasteiger partial charge in [-0.25, -0.2) is 9.59 Å². The lowest BCUT2D eigenvalue weighted by Crippen LogP contribution is -2.11. The van der Waals surface area contributed by atoms with Crippen molar-refractivity contribution in [1.29, 1.82) is 0 Å². The van der Waals surface area contributed by atoms with Gasteiger partial charge in [0.1, 0.15) is 16.9 Å². The zero-order chi connectivity index (χ0) is 19.7. The number of rotatable bonds is 4. The quantitative estimate of drug-likeness (QED) is 0.224. The highest BCUT2D eigenvalue weighted by Crippen LogP contribution is 2.27. The Bertz CT molecular complexity index is 1170. The van der Waals surface area contributed by atoms with E-state index in [1.54, 1.807) is 13.0 Å². The molecule has 0 aliphatic heterocycles. The molecule has 3 rings (SSSR count). The van der Waals surface area contributed by atoms with Crippen molar-refractivity contribution in [3.05, 3.63) is 84.2 Å². The highest BCUT2D eigenvalue weighted by atomic mass is 16.6. The second kappa shape index (κ2) is 6.67. The van der Waals surface area contributed by atoms with Crippen LogP contribution in [0.2, 0.25) is 0 Å². The Balaban J connectivity index is 1.98. The molecule has 136 valence electrons. The van der Waals surface area contributed by atoms with Gasteiger partial charge in [0.05, 0.1) is 15.9 Å². The molecule has 3 aromatic rings. The zero-order valence-electron chi connectivity index (χ0n) is 13.7. The first-order valence-electron chi connectivity index (χ1n) is 7.46. The predicted molar refractivity (Wildman–Crippen MR) is 91.9 cm³/mol. The molecule has 1 heterocycles. The summed E-state index contributed by atoms with van der Waals surface area (Å²) in [6.07, 6.45) is 0. The highest BCUT2D eigenvalue weighted by molar-refractivity contribution is 5.96. The van der Waals surface area contributed by atoms with Crippen LogP contribution < -0.4 is 10.4 Å². The summed E-state index contributed by atoms with van der Waals surface area (Å²) in [6, 6.07) is 8.22. The molecule has 0 amide bonds. The van der Waals surface area contributed by atoms with Crippen LogP contribution in [0.25, 0.3) is 11.0 Å². The molecular weight excluding hydrogens is 360 g/mol. The van der Waals surface area contributed by atoms with Gasteiger partial charge < -0.3 is 9.15 Å². The fraction of sp³-hybridized carbons (Fsp3) is 0.0588. The van der Waals surface area contributed by atoms with Crippen LogP contribution in [0.15, 0.2) is 51.7 Å². The molecule has 0 saturated carbocycles. The molecule has 2 aromatic carbocycles. The Morgan fingerprint density at radius 3 is 2.44 bits per heavy atom. The van der Waals surface area contributed by atoms with Crippen LogP contribution in [0.3, 0.4) is 0 Å². The Kier molecular flexibility index (Phi) is 4.38. The van der Waals surface area contributed by atoms with Gasteiger partial charge in [-0.2, -0.15) is 0 Å². The first-order chi connectivity index (χ1) is 12.8. The standard InChI is InChI=1S/C17H10N2O8/c1-9-6-16(20)27-15-8-11(3-5-12(9)15)26-17(21)13-4-2-10(18(22)23)7-14(13)19(24)25/h2-8H,1H3. The monoisotopic (exact) mass is 370 g/mol. The first kappa shape index (κ1) is 17.7. The summed E-state index contributed by atoms with van der Waals surface area (Å²) in [4.78, 5) is 43.9. The number of esters is 1. The van der Waals surface area contributed by atoms with E-state index in [0.29, 0.717) is 17.0 Å². The molecular formula is C17H10N2O8. The van der Waals surface area contributed by atoms with Crippen molar-refractivity contribution >= 4 is 28.3 Å². The van der Waals surface area contributed by atoms with E-state index in [-0.39, 0.29) is 11.3 Å². The van der Waals surface area contributed by atoms with Gasteiger partial charge in [-0.15, -0.1) is 0 Å². The van der Waals surface area contributed by atoms with Crippen LogP contribution in [0.5, 0.6) is 5.75 Å². The Hall–Kier alpha value is -4.08. The van der Waals surface area contributed by atoms with E-state index in [4.69, 9.17) is 9.15 Å². The van der Waals surface area contributed by atoms with Gasteiger partial charge in [0, 0.05) is 23.6 Å². The number of carbonyl (C=O) groups excluding carboxylic acids is 1. The molecule has 0 saturated heterocycles. The molecule has 0 aliphatic carbocycles. The molecule has 0 aliphatic rings. The van der Waals surface area contributed by atoms with Crippen molar-refractivity contribution in [3.8, 4) is 5.75 Å². The number of nitro groups is 2. The number of nitrogens with zero attached hydrogens (tertiary/aromatic N) is 2. The summed E-state index contributed by atoms with van der Waals surface area (Å²) in [7, 11) is 0. The van der Waals surface area contributed by atoms with Gasteiger partial charge in [0.2, 0.25) is 0 Å². The predicted octanol–water partition coefficient (Wildman–Crippen LogP) is 3.14. The maximum atomic E-state index is 12.3. The summed E-state index contributed by atoms with van der Waals surface area (Å²) >= 11 is 0. The van der Waals surface area contributed by atoms with Crippen LogP contribution in [0, 0.1) is 27.2 Å². The summed E-state index contributed by atoms with van der Waals surface area (Å²) in [6.45, 7) is 1.71. The Labute approximate surface area is 149 Å². The second-order valence-electron chi connectivity index (χ2n) is 5.51. The van der Waals surface area contributed by atoms with E-state index in [1.165, 1.54) is 18.2 Å². The molecule has 27 heavy (non-hydrogen) atoms. The summed E-state index contributed by atoms with van der Waals surface area (Å²) in [5, 5.41) is 22.5. The van der Waals surface area contributed by atoms with E-state index in [2.05, 4.69) is 0 Å². The highest BCUT2D eigenvalue weighted by Gasteiger charge is 2.25. The van der Waals surface area contributed by atoms with Crippen molar-refractivity contribution in [2.75, 3.05) is 0 Å². The van der Waals surface area contributed by atoms with Gasteiger partial charge in [-0.1, -0.05) is 0 Å². The first-order valence-corrected chi connectivity index (χ1v) is 7.46. The summed E-state index contributed by atoms with van der Waals surface area (Å²) < 4.78 is 10.1. The van der Waals surface area contributed by atoms with Crippen LogP contribution >= 0.6 is 0 Å². The van der Waals surface area contributed by atoms with E-state index >= 15 is 0 Å². The number of non-ortho nitro benzene ring substituents is 1. The molecule has 0 N–H and O–H groups in total. The SMILES string of the molecule is Cc1cc(=O)oc2cc(OC(=O)c3ccc([N+](=O)[O-])cc3[N+](=O)[O-])ccc12. The van der Waals surface area contributed by atoms with E-state index in [1.807, 2.05) is 0 Å². The number of hydrogen-bond donors (Lipinski definition) is 0. The molecule has 10 heteroatoms. The maximum Gasteiger partial charge on any atom is 0.350 e. The van der Waals surface area contributed by atoms with E-state index in [9.17, 15) is 29.8 Å². The minimum Gasteiger partial charge on any atom is -0.423 e. The Morgan fingerprint density at radius 1 is 1.04 bits per heavy atom. The number of ether oxygens (including phenoxy) is 1. The van der Waals surface area contributed by atoms with Crippen molar-refractivity contribution in [1.82, 2.24) is 0 Å². The third-order valence-electron chi connectivity index (χ3n) is 3.74. The average molecular weight is 370 g/mol. The number of hydrogen-bond acceptors (Lipinski definition) is 8. The Morgan fingerprint density at radius 2 is 1.78 bits per heavy atom. The normalized spacial score (nSPS) is 10.6. The van der Waals surface area contributed by atoms with Crippen molar-refractivity contribution in [3.63, 3.8) is 0 Å². The molecule has 0 fully saturated rings. The summed E-state index contributed by atoms with van der Waals surface area (Å²) in [5.74, 6) is -1.08. The summed E-state index contributed by atoms with van der Waals surface area (Å²) in [5.41, 5.74) is -1.45. The minimum absolute atomic E-state index is 0.00565. The third-order valence-corrected chi connectivity index (χ3v) is 3.74. The second-order valence-corrected chi connectivity index (χ2v) is 5.51. The van der Waals surface area contributed by atoms with Gasteiger partial charge in [-0.3, -0.25) is 20.2 Å². The largest absolute Gasteiger partial charge is 0.423 e. The number of carbonyl (C=O) groups is 1. The van der Waals surface area contributed by atoms with Gasteiger partial charge in [0.25, 0.3) is 11.4 Å². The number of fused-ring (bicyclic) bond motifs is 1. The maximum absolute atomic E-state index is 12.3. The molecule has 0 radical (unpaired) electrons. The van der Waals surface area contributed by atoms with Gasteiger partial charge in [0.15, 0.2) is 0 Å². The average Bonchev–Trinajstić information content (AvgIpc) is 2.60. The molecule has 0 spiro atoms. The topological polar surface area (TPSA) is 143 Å². The minimum atomic E-state index is -1.08.